The van der Waals surface area contributed by atoms with E-state index in [-0.39, 0.29) is 110 Å². The maximum Gasteiger partial charge on any atom is 0.307 e. The molecule has 0 aromatic carbocycles. The lowest BCUT2D eigenvalue weighted by atomic mass is 9.19. The first kappa shape index (κ1) is 56.9. The molecule has 4 saturated heterocycles. The number of ether oxygens (including phenoxy) is 3. The Morgan fingerprint density at radius 1 is 0.566 bits per heavy atom. The van der Waals surface area contributed by atoms with Crippen molar-refractivity contribution in [1.29, 1.82) is 0 Å². The Balaban J connectivity index is 0.812. The maximum atomic E-state index is 17.3. The number of aliphatic carboxylic acids is 1. The predicted octanol–water partition coefficient (Wildman–Crippen LogP) is 8.59. The summed E-state index contributed by atoms with van der Waals surface area (Å²) in [6.07, 6.45) is 16.8. The number of nitrogens with two attached hydrogens (primary N) is 4. The average molecular weight is 1410 g/mol. The number of allylic oxidation sites excluding steroid dienone is 5. The quantitative estimate of drug-likeness (QED) is 0.0637. The summed E-state index contributed by atoms with van der Waals surface area (Å²) in [5, 5.41) is 57.2. The molecule has 43 unspecified atom stereocenters. The SMILES string of the molecule is NCCSC12CC3CC45OC4C4(SCCN)CC(O)C6=C7C8C(CC6)C6=C9C%10=C%11C(CC%12CC%13CC%14CCC%15%16CC(O%15)C%15C%17CCC(CC1O)C1=C2C2C3C3=C5C(C5=C%18C3C3C%19=C%20C(C%13C%13(O)C%19C%18C%18(OC9%18C58)C%11(SCCN)C%12%13)C%14C%16(SCCN)C%15C%20C(C1%17)C32)C74)C(C(=O)O)CC%10CC6. The third kappa shape index (κ3) is 4.85. The molecule has 0 radical (unpaired) electrons. The summed E-state index contributed by atoms with van der Waals surface area (Å²) in [5.41, 5.74) is 49.2. The van der Waals surface area contributed by atoms with Crippen LogP contribution in [0.15, 0.2) is 78.0 Å². The number of hydrogen-bond donors (Lipinski definition) is 8. The monoisotopic (exact) mass is 1400 g/mol. The molecule has 2 bridgehead atoms. The van der Waals surface area contributed by atoms with Crippen molar-refractivity contribution in [3.05, 3.63) is 78.0 Å². The van der Waals surface area contributed by atoms with Gasteiger partial charge in [-0.2, -0.15) is 23.5 Å². The summed E-state index contributed by atoms with van der Waals surface area (Å²) < 4.78 is 24.4. The number of hydrogen-bond acceptors (Lipinski definition) is 15. The van der Waals surface area contributed by atoms with Crippen molar-refractivity contribution in [1.82, 2.24) is 0 Å². The van der Waals surface area contributed by atoms with Gasteiger partial charge in [0.2, 0.25) is 0 Å². The van der Waals surface area contributed by atoms with Gasteiger partial charge in [0.05, 0.1) is 54.4 Å². The molecule has 0 amide bonds. The summed E-state index contributed by atoms with van der Waals surface area (Å²) in [6, 6.07) is 0. The smallest absolute Gasteiger partial charge is 0.307 e. The molecule has 4 heterocycles. The van der Waals surface area contributed by atoms with Gasteiger partial charge >= 0.3 is 5.97 Å². The molecule has 4 aliphatic heterocycles. The summed E-state index contributed by atoms with van der Waals surface area (Å²) in [5.74, 6) is 10.2. The molecule has 12 N–H and O–H groups in total. The third-order valence-corrected chi connectivity index (χ3v) is 46.9. The highest BCUT2D eigenvalue weighted by molar-refractivity contribution is 8.01. The number of thioether (sulfide) groups is 4. The van der Waals surface area contributed by atoms with Gasteiger partial charge in [0.15, 0.2) is 0 Å². The van der Waals surface area contributed by atoms with Crippen LogP contribution in [-0.4, -0.2) is 147 Å². The number of carboxylic acids is 1. The van der Waals surface area contributed by atoms with Gasteiger partial charge in [-0.1, -0.05) is 44.6 Å². The number of rotatable bonds is 13. The highest BCUT2D eigenvalue weighted by Gasteiger charge is 3.02. The van der Waals surface area contributed by atoms with Gasteiger partial charge in [-0.15, -0.1) is 23.5 Å². The molecule has 16 heteroatoms. The van der Waals surface area contributed by atoms with Crippen LogP contribution in [0.4, 0.5) is 0 Å². The fraction of sp³-hybridized carbons (Fsp3) is 0.819. The fourth-order valence-corrected chi connectivity index (χ4v) is 47.8. The normalized spacial score (nSPS) is 66.4. The van der Waals surface area contributed by atoms with E-state index in [1.807, 2.05) is 33.4 Å². The second kappa shape index (κ2) is 16.5. The van der Waals surface area contributed by atoms with Crippen molar-refractivity contribution >= 4 is 53.0 Å². The molecule has 12 nitrogen and oxygen atoms in total. The van der Waals surface area contributed by atoms with E-state index in [0.717, 1.165) is 93.6 Å². The van der Waals surface area contributed by atoms with Crippen molar-refractivity contribution in [3.63, 3.8) is 0 Å². The van der Waals surface area contributed by atoms with Gasteiger partial charge < -0.3 is 57.6 Å². The van der Waals surface area contributed by atoms with E-state index in [1.54, 1.807) is 33.4 Å². The summed E-state index contributed by atoms with van der Waals surface area (Å²) in [6.45, 7) is 2.42. The maximum absolute atomic E-state index is 17.3. The zero-order chi connectivity index (χ0) is 64.4. The number of carbonyl (C=O) groups is 1. The van der Waals surface area contributed by atoms with Gasteiger partial charge in [0.25, 0.3) is 0 Å². The number of carboxylic acid groups (broad SMARTS) is 1. The molecule has 43 atom stereocenters. The van der Waals surface area contributed by atoms with E-state index < -0.39 is 56.0 Å². The number of aliphatic hydroxyl groups is 3. The lowest BCUT2D eigenvalue weighted by Gasteiger charge is -2.88. The van der Waals surface area contributed by atoms with Crippen LogP contribution in [0.25, 0.3) is 0 Å². The van der Waals surface area contributed by atoms with E-state index in [1.165, 1.54) is 43.3 Å². The lowest BCUT2D eigenvalue weighted by molar-refractivity contribution is -0.373. The van der Waals surface area contributed by atoms with Crippen LogP contribution in [0, 0.1) is 178 Å². The van der Waals surface area contributed by atoms with E-state index in [9.17, 15) is 24.9 Å². The van der Waals surface area contributed by atoms with Crippen molar-refractivity contribution in [2.75, 3.05) is 49.2 Å². The predicted molar refractivity (Wildman–Crippen MR) is 376 cm³/mol. The molecule has 520 valence electrons. The molecular weight excluding hydrogens is 1310 g/mol. The van der Waals surface area contributed by atoms with Crippen molar-refractivity contribution in [2.24, 2.45) is 200 Å². The Morgan fingerprint density at radius 2 is 1.36 bits per heavy atom. The van der Waals surface area contributed by atoms with Crippen molar-refractivity contribution in [3.8, 4) is 0 Å². The molecular formula is C83H96N4O8S4. The molecule has 0 aromatic rings. The minimum absolute atomic E-state index is 0.0225. The van der Waals surface area contributed by atoms with Gasteiger partial charge in [0.1, 0.15) is 22.9 Å². The molecule has 31 aliphatic rings. The van der Waals surface area contributed by atoms with Crippen molar-refractivity contribution < 1.29 is 39.4 Å². The Hall–Kier alpha value is -1.35. The lowest BCUT2D eigenvalue weighted by Crippen LogP contribution is -2.90. The molecule has 18 fully saturated rings. The zero-order valence-corrected chi connectivity index (χ0v) is 59.9. The number of aliphatic hydroxyl groups excluding tert-OH is 2. The molecule has 31 rings (SSSR count). The fourth-order valence-electron chi connectivity index (χ4n) is 40.8. The minimum atomic E-state index is -1.08. The Morgan fingerprint density at radius 3 is 2.21 bits per heavy atom. The van der Waals surface area contributed by atoms with E-state index in [0.29, 0.717) is 121 Å². The second-order valence-electron chi connectivity index (χ2n) is 40.5. The molecule has 4 spiro atoms. The Kier molecular flexibility index (Phi) is 9.47. The van der Waals surface area contributed by atoms with Gasteiger partial charge in [-0.05, 0) is 266 Å². The average Bonchev–Trinajstić information content (AvgIpc) is 1.40. The van der Waals surface area contributed by atoms with Crippen LogP contribution in [0.2, 0.25) is 0 Å². The largest absolute Gasteiger partial charge is 0.481 e. The number of epoxide rings is 2. The molecule has 99 heavy (non-hydrogen) atoms. The standard InChI is InChI=1S/C83H96N4O8S4/c84-9-13-96-77-23-31-22-76-65-53-41(31)54-49-48-45-35(4-2-27(21-40(77)89)42(45)66(54)77)44-39-25-75(93-39)8-7-28-17-29-18-30-20-36-37(73(90)91)19-26-1-3-33-32-5-6-34-38(88)24-78(74(76)94-76,97-14-10-85)67-47(34)46(32)68-58(60(65)67)57-51(53)50(49)56-52-55(48)69(44)81(75,98-15-11-86)62(28)59(52)61(29)79(92)70(56)71(57)83-80(68,95-83)63(33)43(26)64(36)82(83,72(30)79)99-16-12-87/h26-32,35-41,44-46,48-51,54-55,59-62,67-72,74,88-89,92H,1-25,84-87H2,(H,90,91). The second-order valence-corrected chi connectivity index (χ2v) is 46.1. The van der Waals surface area contributed by atoms with Crippen LogP contribution in [-0.2, 0) is 19.0 Å². The summed E-state index contributed by atoms with van der Waals surface area (Å²) >= 11 is 8.80. The Labute approximate surface area is 596 Å². The molecule has 27 aliphatic carbocycles. The first-order valence-electron chi connectivity index (χ1n) is 41.2. The van der Waals surface area contributed by atoms with Gasteiger partial charge in [-0.25, -0.2) is 0 Å². The third-order valence-electron chi connectivity index (χ3n) is 40.1. The van der Waals surface area contributed by atoms with Gasteiger partial charge in [0, 0.05) is 97.0 Å². The zero-order valence-electron chi connectivity index (χ0n) is 56.7. The highest BCUT2D eigenvalue weighted by atomic mass is 32.2. The van der Waals surface area contributed by atoms with Crippen LogP contribution < -0.4 is 22.9 Å². The first-order chi connectivity index (χ1) is 48.3. The summed E-state index contributed by atoms with van der Waals surface area (Å²) in [4.78, 5) is 14.9. The highest BCUT2D eigenvalue weighted by Crippen LogP contribution is 2.99. The molecule has 0 aromatic heterocycles. The summed E-state index contributed by atoms with van der Waals surface area (Å²) in [7, 11) is 0. The van der Waals surface area contributed by atoms with Crippen LogP contribution in [0.1, 0.15) is 109 Å². The van der Waals surface area contributed by atoms with E-state index in [2.05, 4.69) is 47.0 Å². The van der Waals surface area contributed by atoms with Crippen LogP contribution in [0.3, 0.4) is 0 Å². The minimum Gasteiger partial charge on any atom is -0.481 e. The Bertz CT molecular complexity index is 4400. The first-order valence-corrected chi connectivity index (χ1v) is 45.2. The van der Waals surface area contributed by atoms with E-state index in [4.69, 9.17) is 32.4 Å². The topological polar surface area (TPSA) is 236 Å². The van der Waals surface area contributed by atoms with Gasteiger partial charge in [-0.3, -0.25) is 4.79 Å². The number of fused-ring (bicyclic) bond motifs is 2. The van der Waals surface area contributed by atoms with Crippen LogP contribution >= 0.6 is 47.0 Å². The van der Waals surface area contributed by atoms with E-state index >= 15 is 5.11 Å². The van der Waals surface area contributed by atoms with Crippen molar-refractivity contribution in [2.45, 2.75) is 181 Å². The molecule has 14 saturated carbocycles. The van der Waals surface area contributed by atoms with Crippen LogP contribution in [0.5, 0.6) is 0 Å².